The Morgan fingerprint density at radius 2 is 1.12 bits per heavy atom. The van der Waals surface area contributed by atoms with Gasteiger partial charge in [-0.3, -0.25) is 0 Å². The van der Waals surface area contributed by atoms with Gasteiger partial charge in [0, 0.05) is 0 Å². The monoisotopic (exact) mass is 177 g/mol. The summed E-state index contributed by atoms with van der Waals surface area (Å²) in [5.74, 6) is 0. The second-order valence-electron chi connectivity index (χ2n) is 0.862. The van der Waals surface area contributed by atoms with Gasteiger partial charge in [-0.05, 0) is 0 Å². The first-order valence-corrected chi connectivity index (χ1v) is 3.75. The largest absolute Gasteiger partial charge is 0.147 e. The summed E-state index contributed by atoms with van der Waals surface area (Å²) in [5.41, 5.74) is 0. The summed E-state index contributed by atoms with van der Waals surface area (Å²) in [7, 11) is 4.76. The molecule has 0 atom stereocenters. The van der Waals surface area contributed by atoms with Crippen molar-refractivity contribution in [2.75, 3.05) is 21.3 Å². The molecule has 0 saturated carbocycles. The van der Waals surface area contributed by atoms with Crippen LogP contribution in [0.4, 0.5) is 0 Å². The molecule has 0 saturated heterocycles. The van der Waals surface area contributed by atoms with Crippen LogP contribution in [-0.4, -0.2) is 21.3 Å². The van der Waals surface area contributed by atoms with Crippen LogP contribution in [0.3, 0.4) is 0 Å². The van der Waals surface area contributed by atoms with E-state index in [1.54, 1.807) is 21.3 Å². The van der Waals surface area contributed by atoms with Gasteiger partial charge < -0.3 is 0 Å². The third kappa shape index (κ3) is 5.03. The van der Waals surface area contributed by atoms with E-state index in [9.17, 15) is 0 Å². The average molecular weight is 177 g/mol. The van der Waals surface area contributed by atoms with Gasteiger partial charge in [0.05, 0.1) is 0 Å². The molecule has 51 valence electrons. The van der Waals surface area contributed by atoms with E-state index < -0.39 is 19.0 Å². The van der Waals surface area contributed by atoms with Gasteiger partial charge in [-0.15, -0.1) is 12.4 Å². The SMILES string of the molecule is C[O][Ti]([O]C)[O]C.Cl. The van der Waals surface area contributed by atoms with Gasteiger partial charge in [-0.25, -0.2) is 0 Å². The van der Waals surface area contributed by atoms with Crippen molar-refractivity contribution in [2.24, 2.45) is 0 Å². The summed E-state index contributed by atoms with van der Waals surface area (Å²) in [6.45, 7) is 0. The minimum Gasteiger partial charge on any atom is -0.147 e. The van der Waals surface area contributed by atoms with Crippen LogP contribution in [0.5, 0.6) is 0 Å². The van der Waals surface area contributed by atoms with Crippen LogP contribution in [0.25, 0.3) is 0 Å². The third-order valence-corrected chi connectivity index (χ3v) is 2.06. The first-order chi connectivity index (χ1) is 3.35. The summed E-state index contributed by atoms with van der Waals surface area (Å²) in [6.07, 6.45) is 0. The predicted octanol–water partition coefficient (Wildman–Crippen LogP) is 0.711. The van der Waals surface area contributed by atoms with E-state index in [2.05, 4.69) is 0 Å². The van der Waals surface area contributed by atoms with Crippen molar-refractivity contribution in [3.63, 3.8) is 0 Å². The molecule has 0 heterocycles. The molecule has 0 aromatic rings. The molecule has 3 nitrogen and oxygen atoms in total. The standard InChI is InChI=1S/3CH3O.ClH.Ti/c3*1-2;;/h3*1H3;1H;/q3*-1;;+3. The van der Waals surface area contributed by atoms with Gasteiger partial charge in [-0.2, -0.15) is 0 Å². The van der Waals surface area contributed by atoms with Crippen LogP contribution in [0, 0.1) is 0 Å². The molecule has 0 N–H and O–H groups in total. The van der Waals surface area contributed by atoms with E-state index in [0.717, 1.165) is 0 Å². The number of hydrogen-bond donors (Lipinski definition) is 0. The van der Waals surface area contributed by atoms with Gasteiger partial charge in [0.25, 0.3) is 0 Å². The van der Waals surface area contributed by atoms with Gasteiger partial charge in [0.2, 0.25) is 0 Å². The second-order valence-corrected chi connectivity index (χ2v) is 3.56. The Hall–Kier alpha value is 0.884. The van der Waals surface area contributed by atoms with Crippen molar-refractivity contribution >= 4 is 12.4 Å². The number of rotatable bonds is 3. The molecule has 0 radical (unpaired) electrons. The smallest absolute Gasteiger partial charge is 0.147 e. The number of halogens is 1. The number of hydrogen-bond acceptors (Lipinski definition) is 3. The Morgan fingerprint density at radius 3 is 1.12 bits per heavy atom. The molecule has 0 bridgehead atoms. The normalized spacial score (nSPS) is 7.88. The average Bonchev–Trinajstić information content (AvgIpc) is 1.72. The molecule has 0 aliphatic heterocycles. The van der Waals surface area contributed by atoms with Gasteiger partial charge in [-0.1, -0.05) is 0 Å². The Labute approximate surface area is 63.0 Å². The fraction of sp³-hybridized carbons (Fsp3) is 1.00. The molecular weight excluding hydrogens is 167 g/mol. The Balaban J connectivity index is 0. The third-order valence-electron chi connectivity index (χ3n) is 0.500. The van der Waals surface area contributed by atoms with Crippen LogP contribution in [0.1, 0.15) is 0 Å². The van der Waals surface area contributed by atoms with Crippen molar-refractivity contribution in [1.29, 1.82) is 0 Å². The van der Waals surface area contributed by atoms with E-state index in [4.69, 9.17) is 9.96 Å². The minimum absolute atomic E-state index is 0. The maximum atomic E-state index is 4.77. The van der Waals surface area contributed by atoms with Crippen LogP contribution in [0.15, 0.2) is 0 Å². The molecular formula is C3H10ClO3Ti. The quantitative estimate of drug-likeness (QED) is 0.594. The van der Waals surface area contributed by atoms with E-state index in [-0.39, 0.29) is 12.4 Å². The van der Waals surface area contributed by atoms with Crippen molar-refractivity contribution in [1.82, 2.24) is 0 Å². The van der Waals surface area contributed by atoms with Crippen molar-refractivity contribution < 1.29 is 29.0 Å². The van der Waals surface area contributed by atoms with E-state index in [1.165, 1.54) is 0 Å². The van der Waals surface area contributed by atoms with Crippen LogP contribution >= 0.6 is 12.4 Å². The van der Waals surface area contributed by atoms with Crippen LogP contribution in [0.2, 0.25) is 0 Å². The molecule has 0 rings (SSSR count). The molecule has 0 aliphatic rings. The molecule has 0 amide bonds. The van der Waals surface area contributed by atoms with E-state index >= 15 is 0 Å². The summed E-state index contributed by atoms with van der Waals surface area (Å²) in [5, 5.41) is 0. The predicted molar refractivity (Wildman–Crippen MR) is 28.3 cm³/mol. The molecule has 0 aromatic carbocycles. The van der Waals surface area contributed by atoms with E-state index in [1.807, 2.05) is 0 Å². The maximum absolute atomic E-state index is 4.77. The molecule has 0 unspecified atom stereocenters. The topological polar surface area (TPSA) is 27.7 Å². The fourth-order valence-electron chi connectivity index (χ4n) is 0.250. The molecule has 0 spiro atoms. The first kappa shape index (κ1) is 11.7. The molecule has 5 heteroatoms. The Bertz CT molecular complexity index is 36.0. The molecule has 0 fully saturated rings. The Morgan fingerprint density at radius 1 is 0.875 bits per heavy atom. The summed E-state index contributed by atoms with van der Waals surface area (Å²) in [6, 6.07) is 0. The van der Waals surface area contributed by atoms with Gasteiger partial charge in [0.15, 0.2) is 0 Å². The summed E-state index contributed by atoms with van der Waals surface area (Å²) < 4.78 is 14.3. The van der Waals surface area contributed by atoms with Crippen LogP contribution < -0.4 is 0 Å². The molecule has 0 aromatic heterocycles. The molecule has 0 aliphatic carbocycles. The Kier molecular flexibility index (Phi) is 11.5. The van der Waals surface area contributed by atoms with E-state index in [0.29, 0.717) is 0 Å². The maximum Gasteiger partial charge on any atom is -0.147 e. The van der Waals surface area contributed by atoms with Crippen molar-refractivity contribution in [3.8, 4) is 0 Å². The molecule has 8 heavy (non-hydrogen) atoms. The first-order valence-electron chi connectivity index (χ1n) is 1.84. The summed E-state index contributed by atoms with van der Waals surface area (Å²) in [4.78, 5) is 0. The zero-order valence-electron chi connectivity index (χ0n) is 5.13. The fourth-order valence-corrected chi connectivity index (χ4v) is 1.03. The minimum atomic E-state index is -1.90. The zero-order valence-corrected chi connectivity index (χ0v) is 7.51. The van der Waals surface area contributed by atoms with Crippen LogP contribution in [-0.2, 0) is 29.0 Å². The van der Waals surface area contributed by atoms with Crippen molar-refractivity contribution in [2.45, 2.75) is 0 Å². The second kappa shape index (κ2) is 7.88. The zero-order chi connectivity index (χ0) is 5.70. The summed E-state index contributed by atoms with van der Waals surface area (Å²) >= 11 is -1.90. The van der Waals surface area contributed by atoms with Gasteiger partial charge in [0.1, 0.15) is 0 Å². The van der Waals surface area contributed by atoms with Gasteiger partial charge >= 0.3 is 50.3 Å². The van der Waals surface area contributed by atoms with Crippen molar-refractivity contribution in [3.05, 3.63) is 0 Å².